The van der Waals surface area contributed by atoms with Crippen molar-refractivity contribution in [2.75, 3.05) is 6.61 Å². The fraction of sp³-hybridized carbons (Fsp3) is 0.118. The quantitative estimate of drug-likeness (QED) is 0.691. The lowest BCUT2D eigenvalue weighted by molar-refractivity contribution is -0.156. The normalized spacial score (nSPS) is 11.3. The van der Waals surface area contributed by atoms with E-state index in [9.17, 15) is 17.6 Å². The second kappa shape index (κ2) is 7.12. The zero-order chi connectivity index (χ0) is 18.7. The van der Waals surface area contributed by atoms with E-state index in [2.05, 4.69) is 9.72 Å². The Bertz CT molecular complexity index is 909. The Morgan fingerprint density at radius 1 is 1.04 bits per heavy atom. The molecule has 2 aromatic carbocycles. The van der Waals surface area contributed by atoms with Gasteiger partial charge in [-0.05, 0) is 0 Å². The van der Waals surface area contributed by atoms with Crippen molar-refractivity contribution in [2.24, 2.45) is 5.40 Å². The molecular formula is C17H13F3N2O3Si. The molecule has 1 heterocycles. The highest BCUT2D eigenvalue weighted by molar-refractivity contribution is 6.56. The number of nitrogens with zero attached hydrogens (tertiary/aromatic N) is 1. The van der Waals surface area contributed by atoms with E-state index < -0.39 is 27.7 Å². The SMILES string of the molecule is N[Si](=O)c1ccc(-c2oc(OCC(F)(F)F)nc2-c2ccccc2)cc1. The molecule has 0 aliphatic heterocycles. The first-order chi connectivity index (χ1) is 12.3. The van der Waals surface area contributed by atoms with Crippen LogP contribution < -0.4 is 15.3 Å². The van der Waals surface area contributed by atoms with Crippen LogP contribution in [0.1, 0.15) is 0 Å². The van der Waals surface area contributed by atoms with E-state index in [4.69, 9.17) is 9.82 Å². The van der Waals surface area contributed by atoms with Crippen LogP contribution in [0.5, 0.6) is 6.08 Å². The average Bonchev–Trinajstić information content (AvgIpc) is 3.05. The molecule has 0 atom stereocenters. The number of oxazole rings is 1. The van der Waals surface area contributed by atoms with Gasteiger partial charge in [0.15, 0.2) is 12.4 Å². The number of hydrogen-bond donors (Lipinski definition) is 1. The second-order valence-electron chi connectivity index (χ2n) is 5.37. The number of aromatic nitrogens is 1. The number of hydrogen-bond acceptors (Lipinski definition) is 4. The standard InChI is InChI=1S/C17H13F3N2O3Si/c18-17(19,20)10-24-16-22-14(11-4-2-1-3-5-11)15(25-16)12-6-8-13(9-7-12)26(21)23/h1-9H,10,21H2. The molecule has 0 spiro atoms. The molecule has 9 heteroatoms. The molecule has 0 amide bonds. The van der Waals surface area contributed by atoms with Gasteiger partial charge in [0.05, 0.1) is 0 Å². The summed E-state index contributed by atoms with van der Waals surface area (Å²) in [5, 5.41) is 5.87. The van der Waals surface area contributed by atoms with Crippen molar-refractivity contribution >= 4 is 14.0 Å². The van der Waals surface area contributed by atoms with E-state index in [1.54, 1.807) is 54.6 Å². The molecule has 1 aromatic heterocycles. The van der Waals surface area contributed by atoms with Crippen LogP contribution in [0.2, 0.25) is 0 Å². The van der Waals surface area contributed by atoms with Crippen molar-refractivity contribution in [1.29, 1.82) is 0 Å². The first-order valence-electron chi connectivity index (χ1n) is 7.49. The molecule has 5 nitrogen and oxygen atoms in total. The maximum absolute atomic E-state index is 12.4. The van der Waals surface area contributed by atoms with Gasteiger partial charge in [0.2, 0.25) is 0 Å². The summed E-state index contributed by atoms with van der Waals surface area (Å²) in [5.74, 6) is 0.247. The molecule has 0 radical (unpaired) electrons. The summed E-state index contributed by atoms with van der Waals surface area (Å²) < 4.78 is 58.6. The highest BCUT2D eigenvalue weighted by Gasteiger charge is 2.30. The van der Waals surface area contributed by atoms with Gasteiger partial charge >= 0.3 is 21.1 Å². The molecule has 3 aromatic rings. The van der Waals surface area contributed by atoms with Crippen LogP contribution in [0.25, 0.3) is 22.6 Å². The zero-order valence-corrected chi connectivity index (χ0v) is 14.3. The molecule has 0 aliphatic rings. The molecule has 0 fully saturated rings. The van der Waals surface area contributed by atoms with Gasteiger partial charge in [0, 0.05) is 16.3 Å². The van der Waals surface area contributed by atoms with Crippen molar-refractivity contribution in [3.05, 3.63) is 54.6 Å². The predicted octanol–water partition coefficient (Wildman–Crippen LogP) is 3.03. The van der Waals surface area contributed by atoms with Gasteiger partial charge in [-0.25, -0.2) is 0 Å². The van der Waals surface area contributed by atoms with Gasteiger partial charge in [0.25, 0.3) is 0 Å². The van der Waals surface area contributed by atoms with Gasteiger partial charge in [-0.1, -0.05) is 54.6 Å². The molecule has 0 unspecified atom stereocenters. The van der Waals surface area contributed by atoms with Crippen LogP contribution in [0.15, 0.2) is 59.0 Å². The van der Waals surface area contributed by atoms with Crippen LogP contribution in [0.3, 0.4) is 0 Å². The molecule has 0 saturated heterocycles. The number of alkyl halides is 3. The third kappa shape index (κ3) is 4.17. The lowest BCUT2D eigenvalue weighted by atomic mass is 10.1. The smallest absolute Gasteiger partial charge is 0.425 e. The first kappa shape index (κ1) is 17.9. The highest BCUT2D eigenvalue weighted by Crippen LogP contribution is 2.35. The van der Waals surface area contributed by atoms with Crippen LogP contribution in [-0.4, -0.2) is 26.6 Å². The Kier molecular flexibility index (Phi) is 4.89. The van der Waals surface area contributed by atoms with Gasteiger partial charge < -0.3 is 19.0 Å². The van der Waals surface area contributed by atoms with Crippen molar-refractivity contribution < 1.29 is 26.8 Å². The van der Waals surface area contributed by atoms with Gasteiger partial charge in [-0.15, -0.1) is 0 Å². The zero-order valence-electron chi connectivity index (χ0n) is 13.3. The van der Waals surface area contributed by atoms with Crippen LogP contribution in [-0.2, 0) is 4.46 Å². The Morgan fingerprint density at radius 2 is 1.69 bits per heavy atom. The minimum Gasteiger partial charge on any atom is -0.441 e. The van der Waals surface area contributed by atoms with E-state index >= 15 is 0 Å². The van der Waals surface area contributed by atoms with Gasteiger partial charge in [-0.3, -0.25) is 0 Å². The van der Waals surface area contributed by atoms with E-state index in [1.807, 2.05) is 0 Å². The minimum atomic E-state index is -4.50. The summed E-state index contributed by atoms with van der Waals surface area (Å²) in [7, 11) is -2.34. The molecule has 26 heavy (non-hydrogen) atoms. The Labute approximate surface area is 148 Å². The Balaban J connectivity index is 2.01. The number of halogens is 3. The molecule has 3 rings (SSSR count). The van der Waals surface area contributed by atoms with Crippen molar-refractivity contribution in [3.63, 3.8) is 0 Å². The third-order valence-electron chi connectivity index (χ3n) is 3.45. The molecule has 0 saturated carbocycles. The van der Waals surface area contributed by atoms with E-state index in [-0.39, 0.29) is 5.76 Å². The van der Waals surface area contributed by atoms with Crippen molar-refractivity contribution in [1.82, 2.24) is 4.98 Å². The molecule has 0 bridgehead atoms. The van der Waals surface area contributed by atoms with E-state index in [1.165, 1.54) is 0 Å². The number of nitrogens with two attached hydrogens (primary N) is 1. The van der Waals surface area contributed by atoms with E-state index in [0.717, 1.165) is 0 Å². The van der Waals surface area contributed by atoms with E-state index in [0.29, 0.717) is 22.0 Å². The number of rotatable bonds is 5. The minimum absolute atomic E-state index is 0.247. The Morgan fingerprint density at radius 3 is 2.27 bits per heavy atom. The topological polar surface area (TPSA) is 78.4 Å². The Hall–Kier alpha value is -2.94. The van der Waals surface area contributed by atoms with Crippen LogP contribution in [0.4, 0.5) is 13.2 Å². The summed E-state index contributed by atoms with van der Waals surface area (Å²) >= 11 is 0. The van der Waals surface area contributed by atoms with Crippen LogP contribution in [0, 0.1) is 0 Å². The summed E-state index contributed by atoms with van der Waals surface area (Å²) in [4.78, 5) is 4.05. The lowest BCUT2D eigenvalue weighted by Gasteiger charge is -2.04. The monoisotopic (exact) mass is 378 g/mol. The van der Waals surface area contributed by atoms with Crippen molar-refractivity contribution in [2.45, 2.75) is 6.18 Å². The van der Waals surface area contributed by atoms with Crippen molar-refractivity contribution in [3.8, 4) is 28.7 Å². The molecule has 2 N–H and O–H groups in total. The average molecular weight is 378 g/mol. The lowest BCUT2D eigenvalue weighted by Crippen LogP contribution is -2.29. The maximum atomic E-state index is 12.4. The van der Waals surface area contributed by atoms with Crippen LogP contribution >= 0.6 is 0 Å². The maximum Gasteiger partial charge on any atom is 0.425 e. The third-order valence-corrected chi connectivity index (χ3v) is 4.35. The fourth-order valence-electron chi connectivity index (χ4n) is 2.28. The van der Waals surface area contributed by atoms with Gasteiger partial charge in [0.1, 0.15) is 5.69 Å². The number of ether oxygens (including phenoxy) is 1. The molecular weight excluding hydrogens is 365 g/mol. The largest absolute Gasteiger partial charge is 0.441 e. The summed E-state index contributed by atoms with van der Waals surface area (Å²) in [6, 6.07) is 15.2. The number of benzene rings is 2. The highest BCUT2D eigenvalue weighted by atomic mass is 28.3. The fourth-order valence-corrected chi connectivity index (χ4v) is 2.77. The molecule has 134 valence electrons. The second-order valence-corrected chi connectivity index (χ2v) is 6.67. The predicted molar refractivity (Wildman–Crippen MR) is 89.2 cm³/mol. The first-order valence-corrected chi connectivity index (χ1v) is 8.98. The summed E-state index contributed by atoms with van der Waals surface area (Å²) in [5.41, 5.74) is 1.55. The molecule has 0 aliphatic carbocycles. The summed E-state index contributed by atoms with van der Waals surface area (Å²) in [6.07, 6.45) is -4.98. The summed E-state index contributed by atoms with van der Waals surface area (Å²) in [6.45, 7) is -1.50. The van der Waals surface area contributed by atoms with Gasteiger partial charge in [-0.2, -0.15) is 18.2 Å².